The van der Waals surface area contributed by atoms with Gasteiger partial charge in [0, 0.05) is 29.1 Å². The molecule has 3 amide bonds. The van der Waals surface area contributed by atoms with E-state index in [0.717, 1.165) is 76.2 Å². The number of fused-ring (bicyclic) bond motifs is 9. The van der Waals surface area contributed by atoms with Crippen molar-refractivity contribution in [3.05, 3.63) is 68.1 Å². The maximum absolute atomic E-state index is 14.0. The highest BCUT2D eigenvalue weighted by atomic mass is 32.2. The Hall–Kier alpha value is -3.78. The smallest absolute Gasteiger partial charge is 0.416 e. The van der Waals surface area contributed by atoms with Gasteiger partial charge in [-0.15, -0.1) is 11.8 Å². The lowest BCUT2D eigenvalue weighted by atomic mass is 9.68. The van der Waals surface area contributed by atoms with Gasteiger partial charge >= 0.3 is 11.0 Å². The third-order valence-electron chi connectivity index (χ3n) is 10.8. The molecule has 2 aliphatic carbocycles. The Bertz CT molecular complexity index is 1890. The van der Waals surface area contributed by atoms with E-state index in [0.29, 0.717) is 24.5 Å². The summed E-state index contributed by atoms with van der Waals surface area (Å²) in [6.45, 7) is 3.54. The van der Waals surface area contributed by atoms with E-state index < -0.39 is 35.4 Å². The first-order valence-corrected chi connectivity index (χ1v) is 18.4. The Labute approximate surface area is 288 Å². The minimum Gasteiger partial charge on any atom is -0.490 e. The second kappa shape index (κ2) is 12.2. The molecule has 1 aromatic heterocycles. The van der Waals surface area contributed by atoms with Gasteiger partial charge in [-0.1, -0.05) is 23.5 Å². The molecule has 2 aromatic carbocycles. The summed E-state index contributed by atoms with van der Waals surface area (Å²) < 4.78 is 52.7. The predicted molar refractivity (Wildman–Crippen MR) is 176 cm³/mol. The maximum atomic E-state index is 14.0. The van der Waals surface area contributed by atoms with E-state index in [-0.39, 0.29) is 52.0 Å². The van der Waals surface area contributed by atoms with Crippen molar-refractivity contribution >= 4 is 46.5 Å². The van der Waals surface area contributed by atoms with Crippen LogP contribution in [0.3, 0.4) is 0 Å². The van der Waals surface area contributed by atoms with Crippen LogP contribution < -0.4 is 19.2 Å². The van der Waals surface area contributed by atoms with E-state index in [1.54, 1.807) is 6.07 Å². The zero-order valence-electron chi connectivity index (χ0n) is 26.5. The molecule has 2 bridgehead atoms. The van der Waals surface area contributed by atoms with Gasteiger partial charge in [0.1, 0.15) is 0 Å². The van der Waals surface area contributed by atoms with Crippen LogP contribution in [0.5, 0.6) is 11.5 Å². The van der Waals surface area contributed by atoms with Crippen molar-refractivity contribution < 1.29 is 37.0 Å². The first kappa shape index (κ1) is 32.4. The number of likely N-dealkylation sites (tertiary alicyclic amines) is 1. The Balaban J connectivity index is 1.12. The lowest BCUT2D eigenvalue weighted by Gasteiger charge is -2.43. The number of hydrogen-bond acceptors (Lipinski definition) is 8. The van der Waals surface area contributed by atoms with Gasteiger partial charge in [0.2, 0.25) is 11.8 Å². The molecule has 1 N–H and O–H groups in total. The molecule has 0 radical (unpaired) electrons. The van der Waals surface area contributed by atoms with Gasteiger partial charge in [-0.2, -0.15) is 13.2 Å². The van der Waals surface area contributed by atoms with Crippen molar-refractivity contribution in [3.8, 4) is 11.5 Å². The van der Waals surface area contributed by atoms with Gasteiger partial charge in [-0.05, 0) is 86.3 Å². The summed E-state index contributed by atoms with van der Waals surface area (Å²) in [7, 11) is 0. The van der Waals surface area contributed by atoms with Crippen LogP contribution in [0.2, 0.25) is 0 Å². The standard InChI is InChI=1S/C35H34F3N3O6S2/c1-2-46-23-13-17(9-10-22(23)47-16-24(42)40-11-4-3-5-12-40)25-26-20-15-21(29(26)48-31-30(25)49-34(45)39-31)28-27(20)32(43)41(33(28)44)19-8-6-7-18(14-19)35(36,37)38/h6-10,13-14,20-21,25-29H,2-5,11-12,15-16H2,1H3,(H,39,45)/t20?,21?,25-,26?,27?,28?,29?/m1/s1. The van der Waals surface area contributed by atoms with Gasteiger partial charge in [-0.25, -0.2) is 0 Å². The zero-order valence-corrected chi connectivity index (χ0v) is 28.2. The molecule has 4 heterocycles. The molecule has 5 aliphatic rings. The third kappa shape index (κ3) is 5.36. The van der Waals surface area contributed by atoms with Crippen LogP contribution in [0, 0.1) is 29.6 Å². The molecule has 0 spiro atoms. The van der Waals surface area contributed by atoms with Crippen molar-refractivity contribution in [1.29, 1.82) is 0 Å². The summed E-state index contributed by atoms with van der Waals surface area (Å²) in [5.41, 5.74) is -0.123. The van der Waals surface area contributed by atoms with Crippen molar-refractivity contribution in [2.45, 2.75) is 55.0 Å². The number of imide groups is 1. The number of benzene rings is 2. The number of amides is 3. The van der Waals surface area contributed by atoms with Crippen LogP contribution in [0.15, 0.2) is 52.3 Å². The predicted octanol–water partition coefficient (Wildman–Crippen LogP) is 5.92. The minimum absolute atomic E-state index is 0.0649. The van der Waals surface area contributed by atoms with Gasteiger partial charge < -0.3 is 19.4 Å². The van der Waals surface area contributed by atoms with Gasteiger partial charge in [0.05, 0.1) is 34.7 Å². The van der Waals surface area contributed by atoms with Crippen LogP contribution >= 0.6 is 23.1 Å². The molecular weight excluding hydrogens is 680 g/mol. The summed E-state index contributed by atoms with van der Waals surface area (Å²) >= 11 is 2.66. The van der Waals surface area contributed by atoms with Crippen molar-refractivity contribution in [2.75, 3.05) is 31.2 Å². The average Bonchev–Trinajstić information content (AvgIpc) is 3.83. The number of anilines is 1. The quantitative estimate of drug-likeness (QED) is 0.303. The molecule has 3 aliphatic heterocycles. The maximum Gasteiger partial charge on any atom is 0.416 e. The van der Waals surface area contributed by atoms with E-state index in [2.05, 4.69) is 4.98 Å². The first-order valence-electron chi connectivity index (χ1n) is 16.7. The van der Waals surface area contributed by atoms with Crippen LogP contribution in [0.25, 0.3) is 0 Å². The van der Waals surface area contributed by atoms with E-state index in [4.69, 9.17) is 9.47 Å². The summed E-state index contributed by atoms with van der Waals surface area (Å²) in [4.78, 5) is 59.9. The van der Waals surface area contributed by atoms with Crippen molar-refractivity contribution in [1.82, 2.24) is 9.88 Å². The number of aromatic amines is 1. The number of aromatic nitrogens is 1. The molecule has 6 unspecified atom stereocenters. The fraction of sp³-hybridized carbons (Fsp3) is 0.486. The molecule has 4 fully saturated rings. The van der Waals surface area contributed by atoms with Crippen LogP contribution in [0.1, 0.15) is 54.5 Å². The number of H-pyrrole nitrogens is 1. The SMILES string of the molecule is CCOc1cc([C@H]2c3sc(=O)[nH]c3SC3C4CC(C5C(=O)N(c6cccc(C(F)(F)F)c6)C(=O)C45)C32)ccc1OCC(=O)N1CCCCC1. The molecule has 9 nitrogen and oxygen atoms in total. The molecule has 2 saturated heterocycles. The molecule has 49 heavy (non-hydrogen) atoms. The molecule has 258 valence electrons. The molecule has 2 saturated carbocycles. The van der Waals surface area contributed by atoms with Crippen LogP contribution in [-0.4, -0.2) is 59.2 Å². The average molecular weight is 714 g/mol. The second-order valence-electron chi connectivity index (χ2n) is 13.4. The van der Waals surface area contributed by atoms with Crippen LogP contribution in [0.4, 0.5) is 18.9 Å². The van der Waals surface area contributed by atoms with Crippen LogP contribution in [-0.2, 0) is 20.6 Å². The van der Waals surface area contributed by atoms with Gasteiger partial charge in [-0.3, -0.25) is 24.1 Å². The molecular formula is C35H34F3N3O6S2. The normalized spacial score (nSPS) is 28.8. The van der Waals surface area contributed by atoms with Gasteiger partial charge in [0.25, 0.3) is 5.91 Å². The molecule has 8 rings (SSSR count). The monoisotopic (exact) mass is 713 g/mol. The largest absolute Gasteiger partial charge is 0.490 e. The fourth-order valence-corrected chi connectivity index (χ4v) is 11.8. The van der Waals surface area contributed by atoms with Crippen molar-refractivity contribution in [3.63, 3.8) is 0 Å². The van der Waals surface area contributed by atoms with E-state index in [1.807, 2.05) is 24.0 Å². The van der Waals surface area contributed by atoms with Crippen molar-refractivity contribution in [2.24, 2.45) is 29.6 Å². The minimum atomic E-state index is -4.62. The number of thiazole rings is 1. The number of nitrogens with one attached hydrogen (secondary N) is 1. The summed E-state index contributed by atoms with van der Waals surface area (Å²) in [6.07, 6.45) is -0.910. The number of carbonyl (C=O) groups is 3. The number of alkyl halides is 3. The number of nitrogens with zero attached hydrogens (tertiary/aromatic N) is 2. The highest BCUT2D eigenvalue weighted by Gasteiger charge is 2.69. The number of thioether (sulfide) groups is 1. The highest BCUT2D eigenvalue weighted by molar-refractivity contribution is 8.00. The number of hydrogen-bond donors (Lipinski definition) is 1. The summed E-state index contributed by atoms with van der Waals surface area (Å²) in [6, 6.07) is 9.96. The van der Waals surface area contributed by atoms with E-state index in [9.17, 15) is 32.3 Å². The lowest BCUT2D eigenvalue weighted by molar-refractivity contribution is -0.137. The first-order chi connectivity index (χ1) is 23.5. The Kier molecular flexibility index (Phi) is 8.09. The second-order valence-corrected chi connectivity index (χ2v) is 15.6. The number of piperidine rings is 1. The molecule has 14 heteroatoms. The zero-order chi connectivity index (χ0) is 34.2. The van der Waals surface area contributed by atoms with E-state index >= 15 is 0 Å². The Morgan fingerprint density at radius 3 is 2.45 bits per heavy atom. The number of halogens is 3. The number of carbonyl (C=O) groups excluding carboxylic acids is 3. The highest BCUT2D eigenvalue weighted by Crippen LogP contribution is 2.69. The summed E-state index contributed by atoms with van der Waals surface area (Å²) in [5.74, 6) is -2.22. The topological polar surface area (TPSA) is 109 Å². The summed E-state index contributed by atoms with van der Waals surface area (Å²) in [5, 5.41) is 0.642. The van der Waals surface area contributed by atoms with Gasteiger partial charge in [0.15, 0.2) is 18.1 Å². The Morgan fingerprint density at radius 2 is 1.71 bits per heavy atom. The number of ether oxygens (including phenoxy) is 2. The molecule has 7 atom stereocenters. The number of rotatable bonds is 7. The lowest BCUT2D eigenvalue weighted by Crippen LogP contribution is -2.42. The fourth-order valence-electron chi connectivity index (χ4n) is 8.95. The van der Waals surface area contributed by atoms with E-state index in [1.165, 1.54) is 23.9 Å². The third-order valence-corrected chi connectivity index (χ3v) is 13.4. The Morgan fingerprint density at radius 1 is 0.959 bits per heavy atom. The molecule has 3 aromatic rings.